The van der Waals surface area contributed by atoms with Gasteiger partial charge >= 0.3 is 5.97 Å². The molecule has 0 aliphatic carbocycles. The van der Waals surface area contributed by atoms with E-state index in [1.165, 1.54) is 6.92 Å². The van der Waals surface area contributed by atoms with E-state index < -0.39 is 41.1 Å². The molecule has 0 fully saturated rings. The highest BCUT2D eigenvalue weighted by molar-refractivity contribution is 5.95. The van der Waals surface area contributed by atoms with Crippen molar-refractivity contribution in [3.63, 3.8) is 0 Å². The van der Waals surface area contributed by atoms with Crippen LogP contribution < -0.4 is 5.32 Å². The van der Waals surface area contributed by atoms with Crippen LogP contribution in [0.25, 0.3) is 0 Å². The average Bonchev–Trinajstić information content (AvgIpc) is 2.29. The molecule has 98 valence electrons. The smallest absolute Gasteiger partial charge is 0.303 e. The van der Waals surface area contributed by atoms with Gasteiger partial charge in [0.05, 0.1) is 5.69 Å². The molecule has 1 aromatic rings. The fraction of sp³-hybridized carbons (Fsp3) is 0.273. The third-order valence-corrected chi connectivity index (χ3v) is 2.01. The van der Waals surface area contributed by atoms with E-state index in [9.17, 15) is 22.8 Å². The second-order valence-electron chi connectivity index (χ2n) is 3.46. The minimum absolute atomic E-state index is 0.530. The van der Waals surface area contributed by atoms with Crippen molar-refractivity contribution < 1.29 is 27.5 Å². The Kier molecular flexibility index (Phi) is 4.30. The van der Waals surface area contributed by atoms with Crippen molar-refractivity contribution in [2.45, 2.75) is 20.0 Å². The summed E-state index contributed by atoms with van der Waals surface area (Å²) in [5.74, 6) is -6.11. The number of esters is 1. The molecule has 1 rings (SSSR count). The Hall–Kier alpha value is -2.05. The molecule has 18 heavy (non-hydrogen) atoms. The summed E-state index contributed by atoms with van der Waals surface area (Å²) in [5.41, 5.74) is -0.530. The summed E-state index contributed by atoms with van der Waals surface area (Å²) >= 11 is 0. The van der Waals surface area contributed by atoms with Gasteiger partial charge in [-0.1, -0.05) is 0 Å². The van der Waals surface area contributed by atoms with Gasteiger partial charge in [0.2, 0.25) is 0 Å². The van der Waals surface area contributed by atoms with Crippen LogP contribution in [0.15, 0.2) is 12.1 Å². The van der Waals surface area contributed by atoms with E-state index in [-0.39, 0.29) is 0 Å². The predicted octanol–water partition coefficient (Wildman–Crippen LogP) is 1.99. The standard InChI is InChI=1S/C11H10F3NO3/c1-5(18-6(2)16)11(17)15-8-4-3-7(12)9(13)10(8)14/h3-5H,1-2H3,(H,15,17)/t5-/m0/s1. The Labute approximate surface area is 101 Å². The van der Waals surface area contributed by atoms with Crippen LogP contribution >= 0.6 is 0 Å². The molecule has 1 aromatic carbocycles. The van der Waals surface area contributed by atoms with Gasteiger partial charge in [0.1, 0.15) is 0 Å². The zero-order valence-corrected chi connectivity index (χ0v) is 9.59. The summed E-state index contributed by atoms with van der Waals surface area (Å²) in [5, 5.41) is 1.99. The molecule has 1 N–H and O–H groups in total. The predicted molar refractivity (Wildman–Crippen MR) is 56.2 cm³/mol. The minimum atomic E-state index is -1.69. The van der Waals surface area contributed by atoms with Gasteiger partial charge in [-0.25, -0.2) is 13.2 Å². The lowest BCUT2D eigenvalue weighted by atomic mass is 10.2. The van der Waals surface area contributed by atoms with Gasteiger partial charge in [-0.05, 0) is 19.1 Å². The van der Waals surface area contributed by atoms with Crippen LogP contribution in [-0.4, -0.2) is 18.0 Å². The quantitative estimate of drug-likeness (QED) is 0.668. The molecular formula is C11H10F3NO3. The maximum absolute atomic E-state index is 13.2. The van der Waals surface area contributed by atoms with E-state index in [1.807, 2.05) is 5.32 Å². The summed E-state index contributed by atoms with van der Waals surface area (Å²) in [7, 11) is 0. The average molecular weight is 261 g/mol. The number of rotatable bonds is 3. The number of halogens is 3. The highest BCUT2D eigenvalue weighted by Gasteiger charge is 2.19. The Balaban J connectivity index is 2.82. The van der Waals surface area contributed by atoms with Crippen molar-refractivity contribution in [3.05, 3.63) is 29.6 Å². The SMILES string of the molecule is CC(=O)O[C@@H](C)C(=O)Nc1ccc(F)c(F)c1F. The van der Waals surface area contributed by atoms with E-state index in [2.05, 4.69) is 4.74 Å². The van der Waals surface area contributed by atoms with E-state index >= 15 is 0 Å². The molecular weight excluding hydrogens is 251 g/mol. The van der Waals surface area contributed by atoms with Crippen LogP contribution in [0.1, 0.15) is 13.8 Å². The van der Waals surface area contributed by atoms with Gasteiger partial charge in [0, 0.05) is 6.92 Å². The highest BCUT2D eigenvalue weighted by Crippen LogP contribution is 2.19. The lowest BCUT2D eigenvalue weighted by Crippen LogP contribution is -2.29. The second-order valence-corrected chi connectivity index (χ2v) is 3.46. The van der Waals surface area contributed by atoms with E-state index in [1.54, 1.807) is 0 Å². The first kappa shape index (κ1) is 14.0. The first-order valence-electron chi connectivity index (χ1n) is 4.94. The summed E-state index contributed by atoms with van der Waals surface area (Å²) in [6.45, 7) is 2.36. The van der Waals surface area contributed by atoms with Crippen LogP contribution in [0.5, 0.6) is 0 Å². The number of carbonyl (C=O) groups is 2. The highest BCUT2D eigenvalue weighted by atomic mass is 19.2. The normalized spacial score (nSPS) is 11.8. The van der Waals surface area contributed by atoms with E-state index in [0.29, 0.717) is 6.07 Å². The fourth-order valence-corrected chi connectivity index (χ4v) is 1.16. The number of anilines is 1. The molecule has 0 bridgehead atoms. The molecule has 0 aliphatic rings. The minimum Gasteiger partial charge on any atom is -0.453 e. The Morgan fingerprint density at radius 2 is 1.83 bits per heavy atom. The van der Waals surface area contributed by atoms with Crippen molar-refractivity contribution in [2.75, 3.05) is 5.32 Å². The number of ether oxygens (including phenoxy) is 1. The third-order valence-electron chi connectivity index (χ3n) is 2.01. The van der Waals surface area contributed by atoms with E-state index in [4.69, 9.17) is 0 Å². The van der Waals surface area contributed by atoms with Gasteiger partial charge in [-0.2, -0.15) is 0 Å². The van der Waals surface area contributed by atoms with Crippen molar-refractivity contribution in [1.82, 2.24) is 0 Å². The topological polar surface area (TPSA) is 55.4 Å². The van der Waals surface area contributed by atoms with Crippen LogP contribution in [0.3, 0.4) is 0 Å². The van der Waals surface area contributed by atoms with Gasteiger partial charge < -0.3 is 10.1 Å². The Morgan fingerprint density at radius 1 is 1.22 bits per heavy atom. The third kappa shape index (κ3) is 3.22. The van der Waals surface area contributed by atoms with Crippen molar-refractivity contribution >= 4 is 17.6 Å². The van der Waals surface area contributed by atoms with Crippen LogP contribution in [0.4, 0.5) is 18.9 Å². The Bertz CT molecular complexity index is 491. The molecule has 0 saturated heterocycles. The Morgan fingerprint density at radius 3 is 2.39 bits per heavy atom. The number of nitrogens with one attached hydrogen (secondary N) is 1. The van der Waals surface area contributed by atoms with Gasteiger partial charge in [0.25, 0.3) is 5.91 Å². The molecule has 4 nitrogen and oxygen atoms in total. The van der Waals surface area contributed by atoms with Gasteiger partial charge in [-0.15, -0.1) is 0 Å². The zero-order valence-electron chi connectivity index (χ0n) is 9.59. The van der Waals surface area contributed by atoms with Crippen LogP contribution in [0.2, 0.25) is 0 Å². The van der Waals surface area contributed by atoms with Crippen molar-refractivity contribution in [3.8, 4) is 0 Å². The maximum Gasteiger partial charge on any atom is 0.303 e. The first-order valence-corrected chi connectivity index (χ1v) is 4.94. The monoisotopic (exact) mass is 261 g/mol. The van der Waals surface area contributed by atoms with E-state index in [0.717, 1.165) is 13.0 Å². The summed E-state index contributed by atoms with van der Waals surface area (Å²) < 4.78 is 43.2. The molecule has 0 aliphatic heterocycles. The fourth-order valence-electron chi connectivity index (χ4n) is 1.16. The molecule has 0 saturated carbocycles. The molecule has 1 atom stereocenters. The molecule has 1 amide bonds. The summed E-state index contributed by atoms with van der Waals surface area (Å²) in [6, 6.07) is 1.54. The molecule has 0 spiro atoms. The van der Waals surface area contributed by atoms with Crippen LogP contribution in [0, 0.1) is 17.5 Å². The molecule has 0 unspecified atom stereocenters. The maximum atomic E-state index is 13.2. The first-order chi connectivity index (χ1) is 8.32. The second kappa shape index (κ2) is 5.52. The largest absolute Gasteiger partial charge is 0.453 e. The zero-order chi connectivity index (χ0) is 13.9. The number of benzene rings is 1. The van der Waals surface area contributed by atoms with Crippen LogP contribution in [-0.2, 0) is 14.3 Å². The molecule has 0 radical (unpaired) electrons. The number of hydrogen-bond donors (Lipinski definition) is 1. The summed E-state index contributed by atoms with van der Waals surface area (Å²) in [4.78, 5) is 22.0. The molecule has 0 heterocycles. The van der Waals surface area contributed by atoms with Gasteiger partial charge in [-0.3, -0.25) is 9.59 Å². The number of carbonyl (C=O) groups excluding carboxylic acids is 2. The van der Waals surface area contributed by atoms with Crippen molar-refractivity contribution in [1.29, 1.82) is 0 Å². The molecule has 0 aromatic heterocycles. The lowest BCUT2D eigenvalue weighted by Gasteiger charge is -2.12. The van der Waals surface area contributed by atoms with Crippen molar-refractivity contribution in [2.24, 2.45) is 0 Å². The summed E-state index contributed by atoms with van der Waals surface area (Å²) in [6.07, 6.45) is -1.17. The lowest BCUT2D eigenvalue weighted by molar-refractivity contribution is -0.150. The number of amides is 1. The van der Waals surface area contributed by atoms with Gasteiger partial charge in [0.15, 0.2) is 23.6 Å². The number of hydrogen-bond acceptors (Lipinski definition) is 3. The molecule has 7 heteroatoms.